The molecule has 0 saturated heterocycles. The van der Waals surface area contributed by atoms with E-state index in [1.165, 1.54) is 81.6 Å². The van der Waals surface area contributed by atoms with Crippen molar-refractivity contribution in [3.8, 4) is 22.9 Å². The molecule has 0 bridgehead atoms. The first-order valence-corrected chi connectivity index (χ1v) is 15.2. The van der Waals surface area contributed by atoms with Crippen molar-refractivity contribution >= 4 is 5.97 Å². The van der Waals surface area contributed by atoms with E-state index in [9.17, 15) is 13.6 Å². The second-order valence-electron chi connectivity index (χ2n) is 10.5. The van der Waals surface area contributed by atoms with E-state index >= 15 is 0 Å². The number of rotatable bonds is 20. The van der Waals surface area contributed by atoms with E-state index < -0.39 is 18.3 Å². The summed E-state index contributed by atoms with van der Waals surface area (Å²) in [6.07, 6.45) is 12.1. The maximum absolute atomic E-state index is 13.5. The summed E-state index contributed by atoms with van der Waals surface area (Å²) in [6, 6.07) is 13.6. The molecule has 0 spiro atoms. The molecule has 1 atom stereocenters. The smallest absolute Gasteiger partial charge is 0.346 e. The number of hydrogen-bond donors (Lipinski definition) is 0. The van der Waals surface area contributed by atoms with Crippen LogP contribution in [0.1, 0.15) is 99.9 Å². The van der Waals surface area contributed by atoms with E-state index in [4.69, 9.17) is 14.2 Å². The Morgan fingerprint density at radius 2 is 1.33 bits per heavy atom. The molecule has 1 heterocycles. The third-order valence-electron chi connectivity index (χ3n) is 7.03. The quantitative estimate of drug-likeness (QED) is 0.0752. The van der Waals surface area contributed by atoms with Gasteiger partial charge in [0.05, 0.1) is 24.7 Å². The summed E-state index contributed by atoms with van der Waals surface area (Å²) in [4.78, 5) is 21.2. The molecule has 0 radical (unpaired) electrons. The average Bonchev–Trinajstić information content (AvgIpc) is 3.01. The molecule has 0 aliphatic carbocycles. The van der Waals surface area contributed by atoms with E-state index in [0.29, 0.717) is 24.6 Å². The highest BCUT2D eigenvalue weighted by molar-refractivity contribution is 5.90. The van der Waals surface area contributed by atoms with Crippen LogP contribution in [-0.4, -0.2) is 42.2 Å². The van der Waals surface area contributed by atoms with Gasteiger partial charge >= 0.3 is 5.97 Å². The van der Waals surface area contributed by atoms with Crippen molar-refractivity contribution in [2.75, 3.05) is 19.8 Å². The number of nitrogens with zero attached hydrogens (tertiary/aromatic N) is 2. The normalized spacial score (nSPS) is 11.9. The molecule has 0 aliphatic rings. The zero-order valence-corrected chi connectivity index (χ0v) is 24.9. The van der Waals surface area contributed by atoms with E-state index in [-0.39, 0.29) is 17.9 Å². The maximum Gasteiger partial charge on any atom is 0.346 e. The molecule has 6 nitrogen and oxygen atoms in total. The van der Waals surface area contributed by atoms with Gasteiger partial charge in [-0.3, -0.25) is 0 Å². The van der Waals surface area contributed by atoms with Crippen molar-refractivity contribution in [3.63, 3.8) is 0 Å². The predicted molar refractivity (Wildman–Crippen MR) is 161 cm³/mol. The Kier molecular flexibility index (Phi) is 14.9. The summed E-state index contributed by atoms with van der Waals surface area (Å²) in [6.45, 7) is 5.34. The number of carbonyl (C=O) groups excluding carboxylic acids is 1. The molecule has 8 heteroatoms. The lowest BCUT2D eigenvalue weighted by Gasteiger charge is -2.17. The van der Waals surface area contributed by atoms with Crippen molar-refractivity contribution < 1.29 is 27.8 Å². The highest BCUT2D eigenvalue weighted by atomic mass is 19.3. The van der Waals surface area contributed by atoms with Gasteiger partial charge in [-0.25, -0.2) is 23.5 Å². The van der Waals surface area contributed by atoms with E-state index in [2.05, 4.69) is 16.9 Å². The lowest BCUT2D eigenvalue weighted by Crippen LogP contribution is -2.16. The molecule has 2 aromatic carbocycles. The molecule has 3 aromatic rings. The minimum Gasteiger partial charge on any atom is -0.494 e. The Morgan fingerprint density at radius 1 is 0.738 bits per heavy atom. The molecule has 0 aliphatic heterocycles. The topological polar surface area (TPSA) is 70.5 Å². The molecule has 228 valence electrons. The number of esters is 1. The molecule has 42 heavy (non-hydrogen) atoms. The largest absolute Gasteiger partial charge is 0.494 e. The monoisotopic (exact) mass is 582 g/mol. The van der Waals surface area contributed by atoms with Crippen LogP contribution >= 0.6 is 0 Å². The van der Waals surface area contributed by atoms with Crippen LogP contribution < -0.4 is 9.47 Å². The molecule has 0 unspecified atom stereocenters. The highest BCUT2D eigenvalue weighted by Gasteiger charge is 2.23. The Hall–Kier alpha value is -3.39. The minimum atomic E-state index is -2.56. The fraction of sp³-hybridized carbons (Fsp3) is 0.500. The fourth-order valence-electron chi connectivity index (χ4n) is 4.43. The Morgan fingerprint density at radius 3 is 1.95 bits per heavy atom. The van der Waals surface area contributed by atoms with Crippen molar-refractivity contribution in [1.29, 1.82) is 0 Å². The van der Waals surface area contributed by atoms with Gasteiger partial charge in [0.15, 0.2) is 5.82 Å². The highest BCUT2D eigenvalue weighted by Crippen LogP contribution is 2.26. The van der Waals surface area contributed by atoms with Crippen LogP contribution in [0.25, 0.3) is 11.4 Å². The molecule has 0 fully saturated rings. The number of hydrogen-bond acceptors (Lipinski definition) is 6. The van der Waals surface area contributed by atoms with Crippen molar-refractivity contribution in [3.05, 3.63) is 72.1 Å². The lowest BCUT2D eigenvalue weighted by molar-refractivity contribution is 0.0425. The van der Waals surface area contributed by atoms with Crippen molar-refractivity contribution in [2.45, 2.75) is 90.4 Å². The SMILES string of the molecule is CCCCCCCCCCOc1ccc(-c2ncc(C(=O)Oc3ccc([C@H](COCCCC)C(F)F)cc3)cn2)cc1. The van der Waals surface area contributed by atoms with Gasteiger partial charge < -0.3 is 14.2 Å². The van der Waals surface area contributed by atoms with Crippen molar-refractivity contribution in [2.24, 2.45) is 0 Å². The van der Waals surface area contributed by atoms with Crippen LogP contribution in [0, 0.1) is 0 Å². The number of carbonyl (C=O) groups is 1. The Bertz CT molecular complexity index is 1160. The van der Waals surface area contributed by atoms with Gasteiger partial charge in [0.25, 0.3) is 0 Å². The van der Waals surface area contributed by atoms with Crippen LogP contribution in [0.3, 0.4) is 0 Å². The van der Waals surface area contributed by atoms with E-state index in [1.54, 1.807) is 0 Å². The summed E-state index contributed by atoms with van der Waals surface area (Å²) >= 11 is 0. The van der Waals surface area contributed by atoms with E-state index in [0.717, 1.165) is 30.6 Å². The summed E-state index contributed by atoms with van der Waals surface area (Å²) < 4.78 is 43.7. The van der Waals surface area contributed by atoms with Gasteiger partial charge in [0.1, 0.15) is 11.5 Å². The van der Waals surface area contributed by atoms with Crippen LogP contribution in [0.2, 0.25) is 0 Å². The number of unbranched alkanes of at least 4 members (excludes halogenated alkanes) is 8. The summed E-state index contributed by atoms with van der Waals surface area (Å²) in [7, 11) is 0. The first kappa shape index (κ1) is 33.1. The van der Waals surface area contributed by atoms with Gasteiger partial charge in [-0.15, -0.1) is 0 Å². The predicted octanol–water partition coefficient (Wildman–Crippen LogP) is 9.05. The number of ether oxygens (including phenoxy) is 3. The number of aromatic nitrogens is 2. The lowest BCUT2D eigenvalue weighted by atomic mass is 10.0. The molecular weight excluding hydrogens is 538 g/mol. The summed E-state index contributed by atoms with van der Waals surface area (Å²) in [5.74, 6) is -0.146. The van der Waals surface area contributed by atoms with Crippen LogP contribution in [0.4, 0.5) is 8.78 Å². The molecule has 1 aromatic heterocycles. The third kappa shape index (κ3) is 11.5. The molecule has 0 N–H and O–H groups in total. The maximum atomic E-state index is 13.5. The second kappa shape index (κ2) is 18.9. The Balaban J connectivity index is 1.44. The van der Waals surface area contributed by atoms with Gasteiger partial charge in [-0.05, 0) is 54.8 Å². The van der Waals surface area contributed by atoms with Gasteiger partial charge in [-0.2, -0.15) is 0 Å². The number of alkyl halides is 2. The van der Waals surface area contributed by atoms with Crippen LogP contribution in [0.15, 0.2) is 60.9 Å². The van der Waals surface area contributed by atoms with Gasteiger partial charge in [-0.1, -0.05) is 77.3 Å². The van der Waals surface area contributed by atoms with E-state index in [1.807, 2.05) is 31.2 Å². The summed E-state index contributed by atoms with van der Waals surface area (Å²) in [5.41, 5.74) is 1.42. The number of halogens is 2. The zero-order chi connectivity index (χ0) is 30.0. The zero-order valence-electron chi connectivity index (χ0n) is 24.9. The minimum absolute atomic E-state index is 0.0600. The first-order valence-electron chi connectivity index (χ1n) is 15.2. The molecule has 3 rings (SSSR count). The van der Waals surface area contributed by atoms with Gasteiger partial charge in [0, 0.05) is 24.6 Å². The Labute approximate surface area is 248 Å². The van der Waals surface area contributed by atoms with Crippen molar-refractivity contribution in [1.82, 2.24) is 9.97 Å². The summed E-state index contributed by atoms with van der Waals surface area (Å²) in [5, 5.41) is 0. The average molecular weight is 583 g/mol. The van der Waals surface area contributed by atoms with Crippen LogP contribution in [0.5, 0.6) is 11.5 Å². The number of benzene rings is 2. The molecule has 0 amide bonds. The second-order valence-corrected chi connectivity index (χ2v) is 10.5. The van der Waals surface area contributed by atoms with Crippen LogP contribution in [-0.2, 0) is 4.74 Å². The fourth-order valence-corrected chi connectivity index (χ4v) is 4.43. The standard InChI is InChI=1S/C34H44F2N2O4/c1-3-5-7-8-9-10-11-12-22-41-29-17-15-27(16-18-29)33-37-23-28(24-38-33)34(39)42-30-19-13-26(14-20-30)31(32(35)36)25-40-21-6-4-2/h13-20,23-24,31-32H,3-12,21-22,25H2,1-2H3/t31-/m0/s1. The molecule has 0 saturated carbocycles. The third-order valence-corrected chi connectivity index (χ3v) is 7.03. The first-order chi connectivity index (χ1) is 20.5. The van der Waals surface area contributed by atoms with Gasteiger partial charge in [0.2, 0.25) is 6.43 Å². The molecular formula is C34H44F2N2O4.